The molecule has 0 unspecified atom stereocenters. The fraction of sp³-hybridized carbons (Fsp3) is 0.588. The van der Waals surface area contributed by atoms with Gasteiger partial charge in [-0.3, -0.25) is 0 Å². The molecule has 1 heterocycles. The van der Waals surface area contributed by atoms with Crippen molar-refractivity contribution < 1.29 is 14.3 Å². The van der Waals surface area contributed by atoms with Crippen LogP contribution in [-0.4, -0.2) is 19.4 Å². The van der Waals surface area contributed by atoms with Crippen LogP contribution in [0.4, 0.5) is 4.79 Å². The average Bonchev–Trinajstić information content (AvgIpc) is 2.99. The van der Waals surface area contributed by atoms with Crippen molar-refractivity contribution in [2.24, 2.45) is 0 Å². The van der Waals surface area contributed by atoms with Crippen LogP contribution >= 0.6 is 0 Å². The number of rotatable bonds is 9. The Balaban J connectivity index is 1.56. The van der Waals surface area contributed by atoms with Crippen LogP contribution in [0.1, 0.15) is 51.0 Å². The number of urea groups is 1. The number of amides is 2. The standard InChI is InChI=1S/C17H26N2O3/c1-2-3-4-5-6-7-10-18-17(20)19-12-14-8-9-15-16(11-14)22-13-21-15/h8-9,11H,2-7,10,12-13H2,1H3,(H2,18,19,20). The van der Waals surface area contributed by atoms with E-state index >= 15 is 0 Å². The molecule has 1 aromatic carbocycles. The highest BCUT2D eigenvalue weighted by atomic mass is 16.7. The van der Waals surface area contributed by atoms with Gasteiger partial charge in [-0.1, -0.05) is 45.1 Å². The second kappa shape index (κ2) is 9.18. The van der Waals surface area contributed by atoms with E-state index in [-0.39, 0.29) is 12.8 Å². The number of hydrogen-bond acceptors (Lipinski definition) is 3. The van der Waals surface area contributed by atoms with Crippen LogP contribution in [0.2, 0.25) is 0 Å². The molecule has 0 saturated carbocycles. The molecule has 2 amide bonds. The molecule has 0 bridgehead atoms. The Morgan fingerprint density at radius 3 is 2.68 bits per heavy atom. The van der Waals surface area contributed by atoms with Crippen LogP contribution < -0.4 is 20.1 Å². The maximum absolute atomic E-state index is 11.7. The SMILES string of the molecule is CCCCCCCCNC(=O)NCc1ccc2c(c1)OCO2. The number of carbonyl (C=O) groups excluding carboxylic acids is 1. The Morgan fingerprint density at radius 2 is 1.82 bits per heavy atom. The predicted octanol–water partition coefficient (Wildman–Crippen LogP) is 3.58. The lowest BCUT2D eigenvalue weighted by molar-refractivity contribution is 0.174. The molecular formula is C17H26N2O3. The number of ether oxygens (including phenoxy) is 2. The molecule has 1 aromatic rings. The zero-order valence-corrected chi connectivity index (χ0v) is 13.3. The minimum atomic E-state index is -0.119. The highest BCUT2D eigenvalue weighted by Gasteiger charge is 2.13. The summed E-state index contributed by atoms with van der Waals surface area (Å²) in [5.74, 6) is 1.50. The summed E-state index contributed by atoms with van der Waals surface area (Å²) in [4.78, 5) is 11.7. The van der Waals surface area contributed by atoms with Gasteiger partial charge in [-0.05, 0) is 24.1 Å². The maximum Gasteiger partial charge on any atom is 0.315 e. The number of hydrogen-bond donors (Lipinski definition) is 2. The van der Waals surface area contributed by atoms with Gasteiger partial charge in [-0.2, -0.15) is 0 Å². The highest BCUT2D eigenvalue weighted by molar-refractivity contribution is 5.73. The molecule has 5 heteroatoms. The number of benzene rings is 1. The number of fused-ring (bicyclic) bond motifs is 1. The summed E-state index contributed by atoms with van der Waals surface area (Å²) in [5.41, 5.74) is 0.999. The van der Waals surface area contributed by atoms with Gasteiger partial charge in [-0.25, -0.2) is 4.79 Å². The second-order valence-corrected chi connectivity index (χ2v) is 5.56. The van der Waals surface area contributed by atoms with E-state index < -0.39 is 0 Å². The lowest BCUT2D eigenvalue weighted by Gasteiger charge is -2.08. The molecule has 0 fully saturated rings. The summed E-state index contributed by atoms with van der Waals surface area (Å²) in [6, 6.07) is 5.58. The smallest absolute Gasteiger partial charge is 0.315 e. The van der Waals surface area contributed by atoms with Gasteiger partial charge in [0, 0.05) is 13.1 Å². The topological polar surface area (TPSA) is 59.6 Å². The minimum absolute atomic E-state index is 0.119. The summed E-state index contributed by atoms with van der Waals surface area (Å²) in [5, 5.41) is 5.75. The molecule has 2 rings (SSSR count). The Kier molecular flexibility index (Phi) is 6.87. The van der Waals surface area contributed by atoms with E-state index in [1.165, 1.54) is 32.1 Å². The van der Waals surface area contributed by atoms with Gasteiger partial charge in [0.2, 0.25) is 6.79 Å². The molecule has 0 atom stereocenters. The van der Waals surface area contributed by atoms with Crippen molar-refractivity contribution in [3.8, 4) is 11.5 Å². The molecule has 1 aliphatic rings. The normalized spacial score (nSPS) is 12.2. The van der Waals surface area contributed by atoms with Gasteiger partial charge in [0.15, 0.2) is 11.5 Å². The zero-order valence-electron chi connectivity index (χ0n) is 13.3. The van der Waals surface area contributed by atoms with Crippen molar-refractivity contribution in [1.82, 2.24) is 10.6 Å². The van der Waals surface area contributed by atoms with Crippen LogP contribution in [0.3, 0.4) is 0 Å². The molecule has 2 N–H and O–H groups in total. The Labute approximate surface area is 132 Å². The van der Waals surface area contributed by atoms with Crippen molar-refractivity contribution in [2.45, 2.75) is 52.0 Å². The van der Waals surface area contributed by atoms with Crippen molar-refractivity contribution >= 4 is 6.03 Å². The Morgan fingerprint density at radius 1 is 1.05 bits per heavy atom. The molecule has 1 aliphatic heterocycles. The maximum atomic E-state index is 11.7. The van der Waals surface area contributed by atoms with E-state index in [4.69, 9.17) is 9.47 Å². The van der Waals surface area contributed by atoms with Crippen molar-refractivity contribution in [1.29, 1.82) is 0 Å². The number of nitrogens with one attached hydrogen (secondary N) is 2. The molecule has 0 radical (unpaired) electrons. The Hall–Kier alpha value is -1.91. The number of unbranched alkanes of at least 4 members (excludes halogenated alkanes) is 5. The van der Waals surface area contributed by atoms with Crippen LogP contribution in [-0.2, 0) is 6.54 Å². The highest BCUT2D eigenvalue weighted by Crippen LogP contribution is 2.32. The van der Waals surface area contributed by atoms with E-state index in [1.54, 1.807) is 0 Å². The first kappa shape index (κ1) is 16.5. The van der Waals surface area contributed by atoms with E-state index in [0.29, 0.717) is 6.54 Å². The van der Waals surface area contributed by atoms with Crippen LogP contribution in [0.25, 0.3) is 0 Å². The van der Waals surface area contributed by atoms with E-state index in [2.05, 4.69) is 17.6 Å². The zero-order chi connectivity index (χ0) is 15.6. The first-order valence-electron chi connectivity index (χ1n) is 8.20. The van der Waals surface area contributed by atoms with Crippen LogP contribution in [0.5, 0.6) is 11.5 Å². The third-order valence-electron chi connectivity index (χ3n) is 3.71. The van der Waals surface area contributed by atoms with Crippen LogP contribution in [0, 0.1) is 0 Å². The lowest BCUT2D eigenvalue weighted by Crippen LogP contribution is -2.35. The molecule has 22 heavy (non-hydrogen) atoms. The monoisotopic (exact) mass is 306 g/mol. The molecule has 0 aromatic heterocycles. The summed E-state index contributed by atoms with van der Waals surface area (Å²) in [7, 11) is 0. The van der Waals surface area contributed by atoms with Gasteiger partial charge >= 0.3 is 6.03 Å². The van der Waals surface area contributed by atoms with Gasteiger partial charge in [0.1, 0.15) is 0 Å². The first-order valence-corrected chi connectivity index (χ1v) is 8.20. The quantitative estimate of drug-likeness (QED) is 0.686. The summed E-state index contributed by atoms with van der Waals surface area (Å²) in [6.07, 6.45) is 7.36. The average molecular weight is 306 g/mol. The van der Waals surface area contributed by atoms with Gasteiger partial charge < -0.3 is 20.1 Å². The summed E-state index contributed by atoms with van der Waals surface area (Å²) >= 11 is 0. The summed E-state index contributed by atoms with van der Waals surface area (Å²) < 4.78 is 10.6. The Bertz CT molecular complexity index is 477. The van der Waals surface area contributed by atoms with Gasteiger partial charge in [0.05, 0.1) is 0 Å². The molecular weight excluding hydrogens is 280 g/mol. The molecule has 5 nitrogen and oxygen atoms in total. The lowest BCUT2D eigenvalue weighted by atomic mass is 10.1. The van der Waals surface area contributed by atoms with Crippen molar-refractivity contribution in [3.05, 3.63) is 23.8 Å². The van der Waals surface area contributed by atoms with Crippen LogP contribution in [0.15, 0.2) is 18.2 Å². The summed E-state index contributed by atoms with van der Waals surface area (Å²) in [6.45, 7) is 3.70. The third-order valence-corrected chi connectivity index (χ3v) is 3.71. The molecule has 122 valence electrons. The van der Waals surface area contributed by atoms with E-state index in [9.17, 15) is 4.79 Å². The van der Waals surface area contributed by atoms with E-state index in [1.807, 2.05) is 18.2 Å². The second-order valence-electron chi connectivity index (χ2n) is 5.56. The first-order chi connectivity index (χ1) is 10.8. The number of carbonyl (C=O) groups is 1. The largest absolute Gasteiger partial charge is 0.454 e. The molecule has 0 spiro atoms. The van der Waals surface area contributed by atoms with E-state index in [0.717, 1.165) is 30.0 Å². The molecule has 0 saturated heterocycles. The predicted molar refractivity (Wildman–Crippen MR) is 86.2 cm³/mol. The third kappa shape index (κ3) is 5.47. The van der Waals surface area contributed by atoms with Gasteiger partial charge in [-0.15, -0.1) is 0 Å². The van der Waals surface area contributed by atoms with Gasteiger partial charge in [0.25, 0.3) is 0 Å². The minimum Gasteiger partial charge on any atom is -0.454 e. The fourth-order valence-corrected chi connectivity index (χ4v) is 2.40. The fourth-order valence-electron chi connectivity index (χ4n) is 2.40. The molecule has 0 aliphatic carbocycles. The van der Waals surface area contributed by atoms with Crippen molar-refractivity contribution in [2.75, 3.05) is 13.3 Å². The van der Waals surface area contributed by atoms with Crippen molar-refractivity contribution in [3.63, 3.8) is 0 Å².